The molecule has 0 fully saturated rings. The summed E-state index contributed by atoms with van der Waals surface area (Å²) in [7, 11) is 0. The molecule has 0 spiro atoms. The standard InChI is InChI=1S/C26H17Cl/c27-24-15-22(18-6-2-1-3-7-18)14-23(16-24)21-13-12-20-11-10-19-8-4-5-9-25(19)26(20)17-21/h1-17H. The van der Waals surface area contributed by atoms with Crippen LogP contribution in [0.15, 0.2) is 103 Å². The minimum atomic E-state index is 0.754. The summed E-state index contributed by atoms with van der Waals surface area (Å²) < 4.78 is 0. The van der Waals surface area contributed by atoms with Crippen LogP contribution in [-0.4, -0.2) is 0 Å². The fraction of sp³-hybridized carbons (Fsp3) is 0. The van der Waals surface area contributed by atoms with Gasteiger partial charge in [-0.1, -0.05) is 90.5 Å². The molecule has 0 nitrogen and oxygen atoms in total. The molecule has 5 aromatic carbocycles. The van der Waals surface area contributed by atoms with Gasteiger partial charge in [0.2, 0.25) is 0 Å². The van der Waals surface area contributed by atoms with Crippen molar-refractivity contribution in [3.8, 4) is 22.3 Å². The first-order valence-corrected chi connectivity index (χ1v) is 9.44. The Bertz CT molecular complexity index is 1270. The van der Waals surface area contributed by atoms with Gasteiger partial charge in [0.1, 0.15) is 0 Å². The molecule has 5 aromatic rings. The maximum absolute atomic E-state index is 6.46. The van der Waals surface area contributed by atoms with Crippen LogP contribution in [0.4, 0.5) is 0 Å². The molecule has 0 saturated heterocycles. The Labute approximate surface area is 163 Å². The largest absolute Gasteiger partial charge is 0.0843 e. The van der Waals surface area contributed by atoms with Gasteiger partial charge in [-0.2, -0.15) is 0 Å². The molecular weight excluding hydrogens is 348 g/mol. The van der Waals surface area contributed by atoms with Crippen molar-refractivity contribution in [1.82, 2.24) is 0 Å². The van der Waals surface area contributed by atoms with Crippen molar-refractivity contribution >= 4 is 33.1 Å². The van der Waals surface area contributed by atoms with Crippen molar-refractivity contribution in [3.63, 3.8) is 0 Å². The molecule has 0 amide bonds. The Morgan fingerprint density at radius 1 is 0.407 bits per heavy atom. The van der Waals surface area contributed by atoms with E-state index in [-0.39, 0.29) is 0 Å². The molecular formula is C26H17Cl. The number of hydrogen-bond acceptors (Lipinski definition) is 0. The van der Waals surface area contributed by atoms with E-state index in [1.165, 1.54) is 32.7 Å². The predicted octanol–water partition coefficient (Wildman–Crippen LogP) is 7.98. The maximum Gasteiger partial charge on any atom is 0.0418 e. The van der Waals surface area contributed by atoms with Crippen LogP contribution in [0.3, 0.4) is 0 Å². The molecule has 0 atom stereocenters. The molecule has 0 heterocycles. The molecule has 0 radical (unpaired) electrons. The van der Waals surface area contributed by atoms with E-state index in [4.69, 9.17) is 11.6 Å². The maximum atomic E-state index is 6.46. The zero-order chi connectivity index (χ0) is 18.2. The summed E-state index contributed by atoms with van der Waals surface area (Å²) in [5.74, 6) is 0. The highest BCUT2D eigenvalue weighted by atomic mass is 35.5. The fourth-order valence-electron chi connectivity index (χ4n) is 3.74. The third-order valence-electron chi connectivity index (χ3n) is 5.08. The third-order valence-corrected chi connectivity index (χ3v) is 5.30. The van der Waals surface area contributed by atoms with Gasteiger partial charge in [0.15, 0.2) is 0 Å². The van der Waals surface area contributed by atoms with Crippen molar-refractivity contribution in [3.05, 3.63) is 108 Å². The number of benzene rings is 5. The van der Waals surface area contributed by atoms with Gasteiger partial charge in [-0.15, -0.1) is 0 Å². The number of rotatable bonds is 2. The van der Waals surface area contributed by atoms with E-state index in [0.29, 0.717) is 0 Å². The minimum absolute atomic E-state index is 0.754. The molecule has 1 heteroatoms. The van der Waals surface area contributed by atoms with Crippen LogP contribution >= 0.6 is 11.6 Å². The average molecular weight is 365 g/mol. The summed E-state index contributed by atoms with van der Waals surface area (Å²) in [5.41, 5.74) is 4.62. The molecule has 0 unspecified atom stereocenters. The van der Waals surface area contributed by atoms with Crippen molar-refractivity contribution < 1.29 is 0 Å². The zero-order valence-electron chi connectivity index (χ0n) is 14.7. The monoisotopic (exact) mass is 364 g/mol. The zero-order valence-corrected chi connectivity index (χ0v) is 15.4. The van der Waals surface area contributed by atoms with Crippen LogP contribution in [0.2, 0.25) is 5.02 Å². The normalized spacial score (nSPS) is 11.1. The van der Waals surface area contributed by atoms with E-state index < -0.39 is 0 Å². The summed E-state index contributed by atoms with van der Waals surface area (Å²) in [5, 5.41) is 5.82. The van der Waals surface area contributed by atoms with Crippen molar-refractivity contribution in [2.75, 3.05) is 0 Å². The van der Waals surface area contributed by atoms with Gasteiger partial charge in [-0.25, -0.2) is 0 Å². The first-order chi connectivity index (χ1) is 13.3. The molecule has 27 heavy (non-hydrogen) atoms. The summed E-state index contributed by atoms with van der Waals surface area (Å²) in [6, 6.07) is 36.2. The van der Waals surface area contributed by atoms with Gasteiger partial charge in [-0.3, -0.25) is 0 Å². The van der Waals surface area contributed by atoms with E-state index >= 15 is 0 Å². The van der Waals surface area contributed by atoms with Crippen molar-refractivity contribution in [2.45, 2.75) is 0 Å². The lowest BCUT2D eigenvalue weighted by Gasteiger charge is -2.10. The molecule has 0 N–H and O–H groups in total. The summed E-state index contributed by atoms with van der Waals surface area (Å²) in [6.07, 6.45) is 0. The van der Waals surface area contributed by atoms with Gasteiger partial charge in [0, 0.05) is 5.02 Å². The lowest BCUT2D eigenvalue weighted by Crippen LogP contribution is -1.84. The summed E-state index contributed by atoms with van der Waals surface area (Å²) in [6.45, 7) is 0. The highest BCUT2D eigenvalue weighted by molar-refractivity contribution is 6.31. The Morgan fingerprint density at radius 2 is 1.04 bits per heavy atom. The Kier molecular flexibility index (Phi) is 3.92. The quantitative estimate of drug-likeness (QED) is 0.278. The first kappa shape index (κ1) is 16.1. The third kappa shape index (κ3) is 2.99. The first-order valence-electron chi connectivity index (χ1n) is 9.06. The summed E-state index contributed by atoms with van der Waals surface area (Å²) in [4.78, 5) is 0. The predicted molar refractivity (Wildman–Crippen MR) is 117 cm³/mol. The van der Waals surface area contributed by atoms with Gasteiger partial charge in [-0.05, 0) is 68.1 Å². The van der Waals surface area contributed by atoms with E-state index in [1.54, 1.807) is 0 Å². The lowest BCUT2D eigenvalue weighted by atomic mass is 9.95. The lowest BCUT2D eigenvalue weighted by molar-refractivity contribution is 1.60. The molecule has 128 valence electrons. The Hall–Kier alpha value is -3.09. The van der Waals surface area contributed by atoms with Gasteiger partial charge in [0.05, 0.1) is 0 Å². The van der Waals surface area contributed by atoms with E-state index in [2.05, 4.69) is 84.9 Å². The second-order valence-electron chi connectivity index (χ2n) is 6.82. The second kappa shape index (κ2) is 6.57. The summed E-state index contributed by atoms with van der Waals surface area (Å²) >= 11 is 6.46. The Balaban J connectivity index is 1.71. The second-order valence-corrected chi connectivity index (χ2v) is 7.25. The van der Waals surface area contributed by atoms with Gasteiger partial charge < -0.3 is 0 Å². The fourth-order valence-corrected chi connectivity index (χ4v) is 3.97. The molecule has 0 aliphatic heterocycles. The van der Waals surface area contributed by atoms with E-state index in [0.717, 1.165) is 16.1 Å². The van der Waals surface area contributed by atoms with Crippen LogP contribution in [0, 0.1) is 0 Å². The minimum Gasteiger partial charge on any atom is -0.0843 e. The van der Waals surface area contributed by atoms with Crippen molar-refractivity contribution in [2.24, 2.45) is 0 Å². The number of hydrogen-bond donors (Lipinski definition) is 0. The smallest absolute Gasteiger partial charge is 0.0418 e. The van der Waals surface area contributed by atoms with Crippen molar-refractivity contribution in [1.29, 1.82) is 0 Å². The van der Waals surface area contributed by atoms with Crippen LogP contribution in [0.5, 0.6) is 0 Å². The molecule has 5 rings (SSSR count). The van der Waals surface area contributed by atoms with E-state index in [9.17, 15) is 0 Å². The number of halogens is 1. The molecule has 0 aliphatic carbocycles. The molecule has 0 saturated carbocycles. The van der Waals surface area contributed by atoms with Gasteiger partial charge in [0.25, 0.3) is 0 Å². The molecule has 0 bridgehead atoms. The highest BCUT2D eigenvalue weighted by Gasteiger charge is 2.07. The SMILES string of the molecule is Clc1cc(-c2ccccc2)cc(-c2ccc3ccc4ccccc4c3c2)c1. The van der Waals surface area contributed by atoms with E-state index in [1.807, 2.05) is 18.2 Å². The van der Waals surface area contributed by atoms with Crippen LogP contribution < -0.4 is 0 Å². The van der Waals surface area contributed by atoms with Crippen LogP contribution in [0.25, 0.3) is 43.8 Å². The highest BCUT2D eigenvalue weighted by Crippen LogP contribution is 2.33. The Morgan fingerprint density at radius 3 is 1.85 bits per heavy atom. The molecule has 0 aromatic heterocycles. The molecule has 0 aliphatic rings. The number of fused-ring (bicyclic) bond motifs is 3. The van der Waals surface area contributed by atoms with Crippen LogP contribution in [-0.2, 0) is 0 Å². The topological polar surface area (TPSA) is 0 Å². The van der Waals surface area contributed by atoms with Gasteiger partial charge >= 0.3 is 0 Å². The van der Waals surface area contributed by atoms with Crippen LogP contribution in [0.1, 0.15) is 0 Å². The average Bonchev–Trinajstić information content (AvgIpc) is 2.73.